The van der Waals surface area contributed by atoms with Gasteiger partial charge in [0.15, 0.2) is 0 Å². The van der Waals surface area contributed by atoms with Gasteiger partial charge in [-0.1, -0.05) is 37.3 Å². The molecule has 0 atom stereocenters. The first-order chi connectivity index (χ1) is 9.40. The largest absolute Gasteiger partial charge is 0.343 e. The van der Waals surface area contributed by atoms with Crippen molar-refractivity contribution in [3.8, 4) is 0 Å². The van der Waals surface area contributed by atoms with Crippen molar-refractivity contribution in [2.75, 3.05) is 0 Å². The molecule has 0 aliphatic heterocycles. The third-order valence-corrected chi connectivity index (χ3v) is 3.57. The van der Waals surface area contributed by atoms with Gasteiger partial charge in [0.2, 0.25) is 0 Å². The summed E-state index contributed by atoms with van der Waals surface area (Å²) in [4.78, 5) is 0. The Kier molecular flexibility index (Phi) is 4.34. The first-order valence-electron chi connectivity index (χ1n) is 7.39. The highest BCUT2D eigenvalue weighted by Crippen LogP contribution is 2.23. The lowest BCUT2D eigenvalue weighted by Gasteiger charge is -2.20. The van der Waals surface area contributed by atoms with E-state index in [0.717, 1.165) is 19.5 Å². The minimum absolute atomic E-state index is 0.135. The zero-order valence-corrected chi connectivity index (χ0v) is 13.2. The number of nitrogens with zero attached hydrogens (tertiary/aromatic N) is 1. The zero-order valence-electron chi connectivity index (χ0n) is 13.2. The molecule has 2 nitrogen and oxygen atoms in total. The Bertz CT molecular complexity index is 599. The van der Waals surface area contributed by atoms with Crippen molar-refractivity contribution in [3.05, 3.63) is 48.2 Å². The lowest BCUT2D eigenvalue weighted by atomic mass is 10.1. The highest BCUT2D eigenvalue weighted by Gasteiger charge is 2.12. The van der Waals surface area contributed by atoms with E-state index in [1.54, 1.807) is 0 Å². The van der Waals surface area contributed by atoms with Gasteiger partial charge in [0.1, 0.15) is 0 Å². The number of fused-ring (bicyclic) bond motifs is 1. The molecule has 0 saturated carbocycles. The lowest BCUT2D eigenvalue weighted by molar-refractivity contribution is 0.425. The molecule has 20 heavy (non-hydrogen) atoms. The normalized spacial score (nSPS) is 12.0. The second-order valence-corrected chi connectivity index (χ2v) is 6.51. The van der Waals surface area contributed by atoms with Crippen LogP contribution in [-0.2, 0) is 13.1 Å². The topological polar surface area (TPSA) is 17.0 Å². The Morgan fingerprint density at radius 1 is 1.25 bits per heavy atom. The number of nitrogens with one attached hydrogen (secondary N) is 1. The number of allylic oxidation sites excluding steroid dienone is 1. The van der Waals surface area contributed by atoms with Crippen LogP contribution in [0.25, 0.3) is 10.9 Å². The van der Waals surface area contributed by atoms with Crippen molar-refractivity contribution in [1.82, 2.24) is 9.88 Å². The van der Waals surface area contributed by atoms with Gasteiger partial charge < -0.3 is 9.88 Å². The fraction of sp³-hybridized carbons (Fsp3) is 0.444. The highest BCUT2D eigenvalue weighted by molar-refractivity contribution is 5.84. The maximum Gasteiger partial charge on any atom is 0.0486 e. The summed E-state index contributed by atoms with van der Waals surface area (Å²) in [6, 6.07) is 8.62. The molecule has 0 unspecified atom stereocenters. The summed E-state index contributed by atoms with van der Waals surface area (Å²) >= 11 is 0. The monoisotopic (exact) mass is 270 g/mol. The molecule has 0 aliphatic carbocycles. The fourth-order valence-corrected chi connectivity index (χ4v) is 2.31. The number of hydrogen-bond acceptors (Lipinski definition) is 1. The molecule has 2 aromatic rings. The average Bonchev–Trinajstić information content (AvgIpc) is 2.74. The van der Waals surface area contributed by atoms with Gasteiger partial charge in [0.25, 0.3) is 0 Å². The summed E-state index contributed by atoms with van der Waals surface area (Å²) in [5, 5.41) is 4.92. The summed E-state index contributed by atoms with van der Waals surface area (Å²) in [5.41, 5.74) is 4.06. The summed E-state index contributed by atoms with van der Waals surface area (Å²) < 4.78 is 2.32. The van der Waals surface area contributed by atoms with Crippen LogP contribution < -0.4 is 5.32 Å². The van der Waals surface area contributed by atoms with Crippen LogP contribution in [0.2, 0.25) is 0 Å². The van der Waals surface area contributed by atoms with Crippen LogP contribution in [-0.4, -0.2) is 10.1 Å². The minimum Gasteiger partial charge on any atom is -0.343 e. The van der Waals surface area contributed by atoms with Gasteiger partial charge in [-0.15, -0.1) is 0 Å². The molecule has 1 aromatic carbocycles. The van der Waals surface area contributed by atoms with Gasteiger partial charge in [-0.3, -0.25) is 0 Å². The Morgan fingerprint density at radius 2 is 1.95 bits per heavy atom. The number of hydrogen-bond donors (Lipinski definition) is 1. The highest BCUT2D eigenvalue weighted by atomic mass is 15.0. The molecule has 0 bridgehead atoms. The maximum absolute atomic E-state index is 4.13. The van der Waals surface area contributed by atoms with E-state index in [9.17, 15) is 0 Å². The van der Waals surface area contributed by atoms with Crippen molar-refractivity contribution in [1.29, 1.82) is 0 Å². The molecule has 1 heterocycles. The predicted molar refractivity (Wildman–Crippen MR) is 88.0 cm³/mol. The van der Waals surface area contributed by atoms with Gasteiger partial charge in [0, 0.05) is 35.7 Å². The first kappa shape index (κ1) is 14.9. The summed E-state index contributed by atoms with van der Waals surface area (Å²) in [6.07, 6.45) is 3.30. The molecule has 2 heteroatoms. The van der Waals surface area contributed by atoms with Crippen molar-refractivity contribution in [2.24, 2.45) is 0 Å². The number of aromatic nitrogens is 1. The van der Waals surface area contributed by atoms with Gasteiger partial charge in [-0.25, -0.2) is 0 Å². The zero-order chi connectivity index (χ0) is 14.8. The van der Waals surface area contributed by atoms with Crippen LogP contribution in [0, 0.1) is 0 Å². The number of benzene rings is 1. The van der Waals surface area contributed by atoms with E-state index in [4.69, 9.17) is 0 Å². The molecule has 0 aliphatic rings. The minimum atomic E-state index is 0.135. The van der Waals surface area contributed by atoms with Crippen molar-refractivity contribution < 1.29 is 0 Å². The van der Waals surface area contributed by atoms with Crippen molar-refractivity contribution in [3.63, 3.8) is 0 Å². The van der Waals surface area contributed by atoms with E-state index in [1.807, 2.05) is 0 Å². The SMILES string of the molecule is C=C(CC)Cn1cc(CNC(C)(C)C)c2ccccc21. The Balaban J connectivity index is 2.33. The van der Waals surface area contributed by atoms with Gasteiger partial charge in [0.05, 0.1) is 0 Å². The standard InChI is InChI=1S/C18H26N2/c1-6-14(2)12-20-13-15(11-19-18(3,4)5)16-9-7-8-10-17(16)20/h7-10,13,19H,2,6,11-12H2,1,3-5H3. The maximum atomic E-state index is 4.13. The smallest absolute Gasteiger partial charge is 0.0486 e. The molecule has 0 radical (unpaired) electrons. The fourth-order valence-electron chi connectivity index (χ4n) is 2.31. The second-order valence-electron chi connectivity index (χ2n) is 6.51. The summed E-state index contributed by atoms with van der Waals surface area (Å²) in [6.45, 7) is 14.7. The third kappa shape index (κ3) is 3.51. The molecule has 1 N–H and O–H groups in total. The van der Waals surface area contributed by atoms with Crippen LogP contribution >= 0.6 is 0 Å². The van der Waals surface area contributed by atoms with Crippen LogP contribution in [0.4, 0.5) is 0 Å². The van der Waals surface area contributed by atoms with E-state index in [1.165, 1.54) is 22.0 Å². The van der Waals surface area contributed by atoms with Crippen molar-refractivity contribution in [2.45, 2.75) is 52.7 Å². The van der Waals surface area contributed by atoms with E-state index < -0.39 is 0 Å². The molecule has 0 spiro atoms. The summed E-state index contributed by atoms with van der Waals surface area (Å²) in [7, 11) is 0. The molecular weight excluding hydrogens is 244 g/mol. The quantitative estimate of drug-likeness (QED) is 0.792. The van der Waals surface area contributed by atoms with Crippen LogP contribution in [0.15, 0.2) is 42.6 Å². The van der Waals surface area contributed by atoms with E-state index in [2.05, 4.69) is 74.6 Å². The Hall–Kier alpha value is -1.54. The molecule has 2 rings (SSSR count). The van der Waals surface area contributed by atoms with E-state index in [-0.39, 0.29) is 5.54 Å². The van der Waals surface area contributed by atoms with Gasteiger partial charge >= 0.3 is 0 Å². The third-order valence-electron chi connectivity index (χ3n) is 3.57. The van der Waals surface area contributed by atoms with Gasteiger partial charge in [-0.05, 0) is 38.8 Å². The van der Waals surface area contributed by atoms with E-state index in [0.29, 0.717) is 0 Å². The molecule has 1 aromatic heterocycles. The second kappa shape index (κ2) is 5.84. The Morgan fingerprint density at radius 3 is 2.60 bits per heavy atom. The average molecular weight is 270 g/mol. The van der Waals surface area contributed by atoms with Crippen molar-refractivity contribution >= 4 is 10.9 Å². The van der Waals surface area contributed by atoms with Crippen LogP contribution in [0.5, 0.6) is 0 Å². The molecule has 0 amide bonds. The lowest BCUT2D eigenvalue weighted by Crippen LogP contribution is -2.34. The van der Waals surface area contributed by atoms with Gasteiger partial charge in [-0.2, -0.15) is 0 Å². The molecular formula is C18H26N2. The molecule has 0 fully saturated rings. The molecule has 108 valence electrons. The van der Waals surface area contributed by atoms with Crippen LogP contribution in [0.1, 0.15) is 39.7 Å². The molecule has 0 saturated heterocycles. The number of para-hydroxylation sites is 1. The Labute approximate surface area is 122 Å². The van der Waals surface area contributed by atoms with Crippen LogP contribution in [0.3, 0.4) is 0 Å². The number of rotatable bonds is 5. The predicted octanol–water partition coefficient (Wildman–Crippen LogP) is 4.50. The van der Waals surface area contributed by atoms with E-state index >= 15 is 0 Å². The summed E-state index contributed by atoms with van der Waals surface area (Å²) in [5.74, 6) is 0. The first-order valence-corrected chi connectivity index (χ1v) is 7.39.